The van der Waals surface area contributed by atoms with Gasteiger partial charge in [0.15, 0.2) is 11.0 Å². The number of hydrogen-bond donors (Lipinski definition) is 4. The van der Waals surface area contributed by atoms with E-state index in [-0.39, 0.29) is 17.9 Å². The van der Waals surface area contributed by atoms with Gasteiger partial charge >= 0.3 is 0 Å². The molecule has 1 heterocycles. The second-order valence-corrected chi connectivity index (χ2v) is 8.81. The second kappa shape index (κ2) is 13.1. The molecule has 5 N–H and O–H groups in total. The van der Waals surface area contributed by atoms with Crippen molar-refractivity contribution in [1.82, 2.24) is 15.8 Å². The van der Waals surface area contributed by atoms with E-state index < -0.39 is 0 Å². The first-order valence-electron chi connectivity index (χ1n) is 11.5. The lowest BCUT2D eigenvalue weighted by molar-refractivity contribution is -0.117. The lowest BCUT2D eigenvalue weighted by Gasteiger charge is -2.25. The van der Waals surface area contributed by atoms with E-state index in [1.165, 1.54) is 11.8 Å². The predicted octanol–water partition coefficient (Wildman–Crippen LogP) is 4.41. The summed E-state index contributed by atoms with van der Waals surface area (Å²) in [6.07, 6.45) is 6.12. The fourth-order valence-corrected chi connectivity index (χ4v) is 3.58. The smallest absolute Gasteiger partial charge is 0.227 e. The number of allylic oxidation sites excluding steroid dienone is 1. The van der Waals surface area contributed by atoms with E-state index in [9.17, 15) is 4.79 Å². The van der Waals surface area contributed by atoms with Gasteiger partial charge in [-0.25, -0.2) is 15.4 Å². The Bertz CT molecular complexity index is 915. The molecule has 0 radical (unpaired) electrons. The number of carbonyl (C=O) groups excluding carboxylic acids is 1. The third-order valence-electron chi connectivity index (χ3n) is 4.70. The van der Waals surface area contributed by atoms with Gasteiger partial charge in [-0.15, -0.1) is 0 Å². The summed E-state index contributed by atoms with van der Waals surface area (Å²) in [7, 11) is 1.92. The summed E-state index contributed by atoms with van der Waals surface area (Å²) in [5, 5.41) is 3.72. The summed E-state index contributed by atoms with van der Waals surface area (Å²) >= 11 is 1.52. The first kappa shape index (κ1) is 26.5. The molecule has 1 aliphatic heterocycles. The van der Waals surface area contributed by atoms with E-state index in [4.69, 9.17) is 10.7 Å². The van der Waals surface area contributed by atoms with Gasteiger partial charge in [0.2, 0.25) is 5.91 Å². The molecule has 1 aromatic carbocycles. The lowest BCUT2D eigenvalue weighted by atomic mass is 10.3. The zero-order valence-electron chi connectivity index (χ0n) is 20.5. The summed E-state index contributed by atoms with van der Waals surface area (Å²) in [5.74, 6) is 1.67. The Labute approximate surface area is 201 Å². The van der Waals surface area contributed by atoms with Gasteiger partial charge in [-0.2, -0.15) is 0 Å². The third-order valence-corrected chi connectivity index (χ3v) is 5.76. The Morgan fingerprint density at radius 2 is 1.97 bits per heavy atom. The highest BCUT2D eigenvalue weighted by Gasteiger charge is 2.29. The lowest BCUT2D eigenvalue weighted by Crippen LogP contribution is -2.41. The molecule has 1 fully saturated rings. The Kier molecular flexibility index (Phi) is 10.5. The van der Waals surface area contributed by atoms with Crippen molar-refractivity contribution in [3.63, 3.8) is 0 Å². The zero-order valence-corrected chi connectivity index (χ0v) is 21.3. The van der Waals surface area contributed by atoms with Crippen molar-refractivity contribution in [2.24, 2.45) is 21.6 Å². The number of aliphatic imine (C=N–C) groups is 2. The normalized spacial score (nSPS) is 17.2. The minimum Gasteiger partial charge on any atom is -0.403 e. The summed E-state index contributed by atoms with van der Waals surface area (Å²) in [5.41, 5.74) is 13.8. The van der Waals surface area contributed by atoms with Crippen molar-refractivity contribution >= 4 is 34.4 Å². The molecule has 1 aliphatic carbocycles. The van der Waals surface area contributed by atoms with E-state index in [0.29, 0.717) is 5.82 Å². The molecule has 1 amide bonds. The van der Waals surface area contributed by atoms with Gasteiger partial charge in [0, 0.05) is 48.3 Å². The molecule has 1 aromatic rings. The van der Waals surface area contributed by atoms with Crippen molar-refractivity contribution in [3.05, 3.63) is 48.1 Å². The van der Waals surface area contributed by atoms with Gasteiger partial charge in [-0.05, 0) is 51.0 Å². The van der Waals surface area contributed by atoms with Crippen molar-refractivity contribution in [3.8, 4) is 0 Å². The molecular formula is C24H37N7OS. The molecule has 0 bridgehead atoms. The predicted molar refractivity (Wildman–Crippen MR) is 140 cm³/mol. The first-order chi connectivity index (χ1) is 15.9. The average molecular weight is 472 g/mol. The number of thioether (sulfide) groups is 1. The van der Waals surface area contributed by atoms with Crippen LogP contribution < -0.4 is 21.9 Å². The molecule has 0 atom stereocenters. The van der Waals surface area contributed by atoms with Crippen molar-refractivity contribution in [2.45, 2.75) is 64.8 Å². The standard InChI is InChI=1S/C22H31N7OS.C2H6/c1-5-19(28-27-14(2)3)25-20-12-17(13-23)29(4)22(26-20)31-18-10-8-16(9-11-18)24-21(30)15-6-7-15;1-2/h8-15,27H,5-7,23H2,1-4H3,(H,24,30)(H,25,28);1-2H3/b17-13-;. The van der Waals surface area contributed by atoms with E-state index >= 15 is 0 Å². The van der Waals surface area contributed by atoms with Crippen LogP contribution in [-0.4, -0.2) is 34.9 Å². The Morgan fingerprint density at radius 1 is 1.30 bits per heavy atom. The Balaban J connectivity index is 0.00000187. The largest absolute Gasteiger partial charge is 0.403 e. The van der Waals surface area contributed by atoms with E-state index in [1.807, 2.05) is 63.1 Å². The summed E-state index contributed by atoms with van der Waals surface area (Å²) in [4.78, 5) is 24.2. The monoisotopic (exact) mass is 471 g/mol. The number of amides is 1. The van der Waals surface area contributed by atoms with E-state index in [0.717, 1.165) is 46.5 Å². The molecule has 9 heteroatoms. The number of benzene rings is 1. The van der Waals surface area contributed by atoms with Crippen molar-refractivity contribution in [2.75, 3.05) is 12.4 Å². The van der Waals surface area contributed by atoms with Crippen LogP contribution in [0.5, 0.6) is 0 Å². The topological polar surface area (TPSA) is 107 Å². The van der Waals surface area contributed by atoms with Gasteiger partial charge in [0.25, 0.3) is 0 Å². The molecule has 3 rings (SSSR count). The summed E-state index contributed by atoms with van der Waals surface area (Å²) in [6, 6.07) is 8.06. The zero-order chi connectivity index (χ0) is 24.4. The number of hydrogen-bond acceptors (Lipinski definition) is 7. The number of nitrogens with zero attached hydrogens (tertiary/aromatic N) is 3. The van der Waals surface area contributed by atoms with Crippen LogP contribution in [0.15, 0.2) is 62.9 Å². The minimum absolute atomic E-state index is 0.106. The molecule has 0 unspecified atom stereocenters. The van der Waals surface area contributed by atoms with Crippen molar-refractivity contribution in [1.29, 1.82) is 0 Å². The number of rotatable bonds is 7. The maximum atomic E-state index is 11.9. The fourth-order valence-electron chi connectivity index (χ4n) is 2.72. The maximum Gasteiger partial charge on any atom is 0.227 e. The summed E-state index contributed by atoms with van der Waals surface area (Å²) < 4.78 is 0. The van der Waals surface area contributed by atoms with Crippen LogP contribution in [0.4, 0.5) is 5.69 Å². The van der Waals surface area contributed by atoms with Gasteiger partial charge in [0.05, 0.1) is 5.70 Å². The van der Waals surface area contributed by atoms with Gasteiger partial charge in [-0.1, -0.05) is 32.5 Å². The van der Waals surface area contributed by atoms with Gasteiger partial charge < -0.3 is 21.4 Å². The Morgan fingerprint density at radius 3 is 2.52 bits per heavy atom. The SMILES string of the molecule is CC.CC/C(=N/C1=CC(=C/N)/N(C)C(Sc2ccc(NC(=O)C3CC3)cc2)=N1)NNC(C)C. The summed E-state index contributed by atoms with van der Waals surface area (Å²) in [6.45, 7) is 10.1. The molecule has 0 aromatic heterocycles. The number of hydrazine groups is 1. The van der Waals surface area contributed by atoms with E-state index in [1.54, 1.807) is 6.20 Å². The van der Waals surface area contributed by atoms with Crippen LogP contribution in [0, 0.1) is 5.92 Å². The van der Waals surface area contributed by atoms with Crippen LogP contribution in [-0.2, 0) is 4.79 Å². The van der Waals surface area contributed by atoms with E-state index in [2.05, 4.69) is 35.0 Å². The average Bonchev–Trinajstić information content (AvgIpc) is 3.66. The number of amidine groups is 2. The molecule has 1 saturated carbocycles. The van der Waals surface area contributed by atoms with Gasteiger partial charge in [-0.3, -0.25) is 4.79 Å². The minimum atomic E-state index is 0.106. The van der Waals surface area contributed by atoms with Crippen LogP contribution in [0.1, 0.15) is 53.9 Å². The molecule has 33 heavy (non-hydrogen) atoms. The Hall–Kier alpha value is -2.78. The molecule has 0 saturated heterocycles. The van der Waals surface area contributed by atoms with Crippen LogP contribution in [0.3, 0.4) is 0 Å². The molecule has 8 nitrogen and oxygen atoms in total. The first-order valence-corrected chi connectivity index (χ1v) is 12.3. The highest BCUT2D eigenvalue weighted by molar-refractivity contribution is 8.13. The number of anilines is 1. The maximum absolute atomic E-state index is 11.9. The molecular weight excluding hydrogens is 434 g/mol. The molecule has 2 aliphatic rings. The number of carbonyl (C=O) groups is 1. The number of nitrogens with two attached hydrogens (primary N) is 1. The molecule has 180 valence electrons. The highest BCUT2D eigenvalue weighted by atomic mass is 32.2. The second-order valence-electron chi connectivity index (χ2n) is 7.77. The van der Waals surface area contributed by atoms with Crippen molar-refractivity contribution < 1.29 is 4.79 Å². The highest BCUT2D eigenvalue weighted by Crippen LogP contribution is 2.31. The van der Waals surface area contributed by atoms with Crippen LogP contribution in [0.2, 0.25) is 0 Å². The fraction of sp³-hybridized carbons (Fsp3) is 0.458. The third kappa shape index (κ3) is 8.25. The van der Waals surface area contributed by atoms with Crippen LogP contribution >= 0.6 is 11.8 Å². The van der Waals surface area contributed by atoms with Gasteiger partial charge in [0.1, 0.15) is 5.84 Å². The number of likely N-dealkylation sites (N-methyl/N-ethyl adjacent to an activating group) is 1. The quantitative estimate of drug-likeness (QED) is 0.267. The van der Waals surface area contributed by atoms with Crippen LogP contribution in [0.25, 0.3) is 0 Å². The number of nitrogens with one attached hydrogen (secondary N) is 3. The molecule has 0 spiro atoms.